The van der Waals surface area contributed by atoms with Crippen LogP contribution in [0, 0.1) is 0 Å². The molecule has 2 heterocycles. The summed E-state index contributed by atoms with van der Waals surface area (Å²) < 4.78 is 11.1. The number of para-hydroxylation sites is 1. The van der Waals surface area contributed by atoms with E-state index in [1.54, 1.807) is 24.3 Å². The van der Waals surface area contributed by atoms with Crippen LogP contribution in [0.4, 0.5) is 0 Å². The largest absolute Gasteiger partial charge is 0.493 e. The molecule has 1 saturated heterocycles. The van der Waals surface area contributed by atoms with Gasteiger partial charge in [-0.05, 0) is 35.9 Å². The number of fused-ring (bicyclic) bond motifs is 1. The molecule has 2 amide bonds. The van der Waals surface area contributed by atoms with Crippen molar-refractivity contribution in [3.63, 3.8) is 0 Å². The lowest BCUT2D eigenvalue weighted by atomic mass is 10.1. The van der Waals surface area contributed by atoms with Crippen molar-refractivity contribution in [2.75, 3.05) is 39.4 Å². The summed E-state index contributed by atoms with van der Waals surface area (Å²) >= 11 is 0. The predicted molar refractivity (Wildman–Crippen MR) is 107 cm³/mol. The molecule has 0 unspecified atom stereocenters. The fourth-order valence-electron chi connectivity index (χ4n) is 3.91. The minimum atomic E-state index is -0.566. The monoisotopic (exact) mass is 396 g/mol. The molecule has 0 aliphatic carbocycles. The number of quaternary nitrogens is 1. The number of ether oxygens (including phenoxy) is 2. The number of piperazine rings is 1. The van der Waals surface area contributed by atoms with Gasteiger partial charge in [0.05, 0.1) is 38.3 Å². The third-order valence-electron chi connectivity index (χ3n) is 5.53. The van der Waals surface area contributed by atoms with Gasteiger partial charge in [-0.15, -0.1) is 0 Å². The highest BCUT2D eigenvalue weighted by Gasteiger charge is 2.25. The van der Waals surface area contributed by atoms with E-state index in [0.29, 0.717) is 18.8 Å². The maximum atomic E-state index is 12.5. The summed E-state index contributed by atoms with van der Waals surface area (Å²) in [5, 5.41) is 0. The second-order valence-corrected chi connectivity index (χ2v) is 7.50. The van der Waals surface area contributed by atoms with Crippen molar-refractivity contribution in [1.29, 1.82) is 0 Å². The van der Waals surface area contributed by atoms with Crippen LogP contribution in [0.1, 0.15) is 21.5 Å². The van der Waals surface area contributed by atoms with Gasteiger partial charge < -0.3 is 25.0 Å². The van der Waals surface area contributed by atoms with Crippen LogP contribution in [0.25, 0.3) is 0 Å². The molecule has 0 saturated carbocycles. The van der Waals surface area contributed by atoms with Gasteiger partial charge >= 0.3 is 0 Å². The van der Waals surface area contributed by atoms with Gasteiger partial charge in [0.15, 0.2) is 6.61 Å². The van der Waals surface area contributed by atoms with Crippen LogP contribution >= 0.6 is 0 Å². The summed E-state index contributed by atoms with van der Waals surface area (Å²) in [6.07, 6.45) is 0.986. The number of amides is 2. The van der Waals surface area contributed by atoms with E-state index >= 15 is 0 Å². The number of carbonyl (C=O) groups excluding carboxylic acids is 2. The second-order valence-electron chi connectivity index (χ2n) is 7.50. The summed E-state index contributed by atoms with van der Waals surface area (Å²) in [7, 11) is 0. The molecule has 0 bridgehead atoms. The minimum Gasteiger partial charge on any atom is -0.493 e. The van der Waals surface area contributed by atoms with Gasteiger partial charge in [-0.2, -0.15) is 0 Å². The van der Waals surface area contributed by atoms with E-state index in [-0.39, 0.29) is 18.1 Å². The van der Waals surface area contributed by atoms with Crippen LogP contribution in [-0.4, -0.2) is 56.1 Å². The molecule has 3 N–H and O–H groups in total. The van der Waals surface area contributed by atoms with E-state index in [9.17, 15) is 9.59 Å². The van der Waals surface area contributed by atoms with Crippen molar-refractivity contribution in [2.24, 2.45) is 5.73 Å². The molecule has 0 radical (unpaired) electrons. The predicted octanol–water partition coefficient (Wildman–Crippen LogP) is 0.0265. The number of nitrogens with one attached hydrogen (secondary N) is 1. The standard InChI is InChI=1S/C22H25N3O4/c23-22(27)18-3-1-2-4-20(18)29-15-21(26)25-10-8-24(9-11-25)14-16-5-6-19-17(13-16)7-12-28-19/h1-6,13H,7-12,14-15H2,(H2,23,27)/p+1. The molecule has 1 fully saturated rings. The number of nitrogens with two attached hydrogens (primary N) is 1. The Balaban J connectivity index is 1.26. The van der Waals surface area contributed by atoms with Gasteiger partial charge in [0.1, 0.15) is 18.0 Å². The highest BCUT2D eigenvalue weighted by molar-refractivity contribution is 5.95. The summed E-state index contributed by atoms with van der Waals surface area (Å²) in [5.74, 6) is 0.719. The van der Waals surface area contributed by atoms with Crippen molar-refractivity contribution >= 4 is 11.8 Å². The summed E-state index contributed by atoms with van der Waals surface area (Å²) in [4.78, 5) is 27.3. The summed E-state index contributed by atoms with van der Waals surface area (Å²) in [6, 6.07) is 13.2. The summed E-state index contributed by atoms with van der Waals surface area (Å²) in [6.45, 7) is 4.83. The number of rotatable bonds is 6. The quantitative estimate of drug-likeness (QED) is 0.721. The van der Waals surface area contributed by atoms with Crippen LogP contribution in [0.3, 0.4) is 0 Å². The molecule has 4 rings (SSSR count). The smallest absolute Gasteiger partial charge is 0.260 e. The molecule has 2 aromatic rings. The van der Waals surface area contributed by atoms with Crippen molar-refractivity contribution in [2.45, 2.75) is 13.0 Å². The Kier molecular flexibility index (Phi) is 5.67. The number of hydrogen-bond acceptors (Lipinski definition) is 4. The van der Waals surface area contributed by atoms with Gasteiger partial charge in [0.25, 0.3) is 11.8 Å². The minimum absolute atomic E-state index is 0.0713. The lowest BCUT2D eigenvalue weighted by Gasteiger charge is -2.32. The van der Waals surface area contributed by atoms with Crippen molar-refractivity contribution in [1.82, 2.24) is 4.90 Å². The van der Waals surface area contributed by atoms with E-state index < -0.39 is 5.91 Å². The van der Waals surface area contributed by atoms with E-state index in [0.717, 1.165) is 38.4 Å². The van der Waals surface area contributed by atoms with Crippen LogP contribution in [0.2, 0.25) is 0 Å². The molecular weight excluding hydrogens is 370 g/mol. The first-order valence-electron chi connectivity index (χ1n) is 9.98. The summed E-state index contributed by atoms with van der Waals surface area (Å²) in [5.41, 5.74) is 8.25. The molecule has 152 valence electrons. The fourth-order valence-corrected chi connectivity index (χ4v) is 3.91. The van der Waals surface area contributed by atoms with Gasteiger partial charge in [0.2, 0.25) is 0 Å². The number of nitrogens with zero attached hydrogens (tertiary/aromatic N) is 1. The second kappa shape index (κ2) is 8.53. The topological polar surface area (TPSA) is 86.3 Å². The highest BCUT2D eigenvalue weighted by Crippen LogP contribution is 2.25. The van der Waals surface area contributed by atoms with Crippen LogP contribution in [0.5, 0.6) is 11.5 Å². The number of primary amides is 1. The molecule has 2 aliphatic rings. The number of benzene rings is 2. The molecule has 0 spiro atoms. The fraction of sp³-hybridized carbons (Fsp3) is 0.364. The Morgan fingerprint density at radius 3 is 2.72 bits per heavy atom. The maximum Gasteiger partial charge on any atom is 0.260 e. The lowest BCUT2D eigenvalue weighted by Crippen LogP contribution is -3.13. The average Bonchev–Trinajstić information content (AvgIpc) is 3.20. The lowest BCUT2D eigenvalue weighted by molar-refractivity contribution is -0.917. The van der Waals surface area contributed by atoms with E-state index in [1.165, 1.54) is 16.0 Å². The van der Waals surface area contributed by atoms with E-state index in [4.69, 9.17) is 15.2 Å². The number of carbonyl (C=O) groups is 2. The number of hydrogen-bond donors (Lipinski definition) is 2. The third kappa shape index (κ3) is 4.51. The maximum absolute atomic E-state index is 12.5. The van der Waals surface area contributed by atoms with Crippen molar-refractivity contribution < 1.29 is 24.0 Å². The molecule has 7 nitrogen and oxygen atoms in total. The Hall–Kier alpha value is -3.06. The molecule has 0 aromatic heterocycles. The zero-order chi connectivity index (χ0) is 20.2. The first kappa shape index (κ1) is 19.3. The van der Waals surface area contributed by atoms with Crippen molar-refractivity contribution in [3.8, 4) is 11.5 Å². The molecule has 2 aromatic carbocycles. The van der Waals surface area contributed by atoms with Gasteiger partial charge in [-0.1, -0.05) is 12.1 Å². The molecule has 7 heteroatoms. The Morgan fingerprint density at radius 1 is 1.14 bits per heavy atom. The average molecular weight is 396 g/mol. The van der Waals surface area contributed by atoms with Crippen LogP contribution in [-0.2, 0) is 17.8 Å². The van der Waals surface area contributed by atoms with Crippen molar-refractivity contribution in [3.05, 3.63) is 59.2 Å². The van der Waals surface area contributed by atoms with Crippen LogP contribution in [0.15, 0.2) is 42.5 Å². The zero-order valence-electron chi connectivity index (χ0n) is 16.4. The zero-order valence-corrected chi connectivity index (χ0v) is 16.4. The highest BCUT2D eigenvalue weighted by atomic mass is 16.5. The molecular formula is C22H26N3O4+. The molecule has 2 aliphatic heterocycles. The first-order valence-corrected chi connectivity index (χ1v) is 9.98. The van der Waals surface area contributed by atoms with Gasteiger partial charge in [-0.3, -0.25) is 9.59 Å². The van der Waals surface area contributed by atoms with E-state index in [2.05, 4.69) is 18.2 Å². The van der Waals surface area contributed by atoms with Crippen LogP contribution < -0.4 is 20.1 Å². The normalized spacial score (nSPS) is 16.2. The van der Waals surface area contributed by atoms with Gasteiger partial charge in [0, 0.05) is 12.0 Å². The van der Waals surface area contributed by atoms with E-state index in [1.807, 2.05) is 4.90 Å². The Morgan fingerprint density at radius 2 is 1.93 bits per heavy atom. The first-order chi connectivity index (χ1) is 14.1. The Bertz CT molecular complexity index is 907. The van der Waals surface area contributed by atoms with Gasteiger partial charge in [-0.25, -0.2) is 0 Å². The SMILES string of the molecule is NC(=O)c1ccccc1OCC(=O)N1CC[NH+](Cc2ccc3c(c2)CCO3)CC1. The Labute approximate surface area is 170 Å². The molecule has 29 heavy (non-hydrogen) atoms. The third-order valence-corrected chi connectivity index (χ3v) is 5.53. The molecule has 0 atom stereocenters.